The molecule has 0 spiro atoms. The summed E-state index contributed by atoms with van der Waals surface area (Å²) in [5, 5.41) is 13.0. The molecule has 0 unspecified atom stereocenters. The summed E-state index contributed by atoms with van der Waals surface area (Å²) in [4.78, 5) is 2.64. The molecule has 3 rings (SSSR count). The van der Waals surface area contributed by atoms with Crippen LogP contribution in [0.15, 0.2) is 0 Å². The van der Waals surface area contributed by atoms with Gasteiger partial charge in [-0.2, -0.15) is 0 Å². The monoisotopic (exact) mass is 210 g/mol. The molecule has 15 heavy (non-hydrogen) atoms. The van der Waals surface area contributed by atoms with Crippen molar-refractivity contribution in [1.29, 1.82) is 0 Å². The Bertz CT molecular complexity index is 226. The van der Waals surface area contributed by atoms with Crippen LogP contribution >= 0.6 is 0 Å². The van der Waals surface area contributed by atoms with Crippen LogP contribution in [0.5, 0.6) is 0 Å². The Morgan fingerprint density at radius 3 is 2.60 bits per heavy atom. The standard InChI is InChI=1S/C12H22N2O/c15-10-3-5-14(6-4-10)12-2-1-9-7-13-8-11(9)12/h9-13,15H,1-8H2/t9-,11+,12-/m1/s1. The lowest BCUT2D eigenvalue weighted by atomic mass is 9.95. The average molecular weight is 210 g/mol. The highest BCUT2D eigenvalue weighted by molar-refractivity contribution is 4.97. The van der Waals surface area contributed by atoms with Crippen molar-refractivity contribution >= 4 is 0 Å². The Balaban J connectivity index is 1.62. The molecule has 3 heteroatoms. The molecule has 0 aromatic carbocycles. The summed E-state index contributed by atoms with van der Waals surface area (Å²) in [7, 11) is 0. The second kappa shape index (κ2) is 4.04. The Labute approximate surface area is 91.8 Å². The number of hydrogen-bond acceptors (Lipinski definition) is 3. The highest BCUT2D eigenvalue weighted by Crippen LogP contribution is 2.38. The number of aliphatic hydroxyl groups is 1. The van der Waals surface area contributed by atoms with Gasteiger partial charge in [0.1, 0.15) is 0 Å². The summed E-state index contributed by atoms with van der Waals surface area (Å²) in [5.41, 5.74) is 0. The first-order chi connectivity index (χ1) is 7.34. The summed E-state index contributed by atoms with van der Waals surface area (Å²) in [6.45, 7) is 4.72. The van der Waals surface area contributed by atoms with E-state index in [2.05, 4.69) is 10.2 Å². The maximum Gasteiger partial charge on any atom is 0.0564 e. The fourth-order valence-corrected chi connectivity index (χ4v) is 3.79. The first-order valence-corrected chi connectivity index (χ1v) is 6.47. The summed E-state index contributed by atoms with van der Waals surface area (Å²) >= 11 is 0. The predicted octanol–water partition coefficient (Wildman–Crippen LogP) is 0.441. The fraction of sp³-hybridized carbons (Fsp3) is 1.00. The van der Waals surface area contributed by atoms with Crippen LogP contribution in [0.25, 0.3) is 0 Å². The van der Waals surface area contributed by atoms with Crippen molar-refractivity contribution in [1.82, 2.24) is 10.2 Å². The highest BCUT2D eigenvalue weighted by Gasteiger charge is 2.42. The van der Waals surface area contributed by atoms with Gasteiger partial charge in [0.25, 0.3) is 0 Å². The minimum absolute atomic E-state index is 0.0276. The highest BCUT2D eigenvalue weighted by atomic mass is 16.3. The molecule has 1 saturated carbocycles. The minimum atomic E-state index is -0.0276. The van der Waals surface area contributed by atoms with Gasteiger partial charge in [0.15, 0.2) is 0 Å². The zero-order valence-electron chi connectivity index (χ0n) is 9.36. The molecular weight excluding hydrogens is 188 g/mol. The third-order valence-corrected chi connectivity index (χ3v) is 4.69. The van der Waals surface area contributed by atoms with E-state index in [1.165, 1.54) is 25.9 Å². The number of nitrogens with one attached hydrogen (secondary N) is 1. The molecule has 0 radical (unpaired) electrons. The zero-order chi connectivity index (χ0) is 10.3. The van der Waals surface area contributed by atoms with E-state index in [9.17, 15) is 5.11 Å². The largest absolute Gasteiger partial charge is 0.393 e. The van der Waals surface area contributed by atoms with E-state index >= 15 is 0 Å². The number of rotatable bonds is 1. The molecule has 0 aromatic heterocycles. The number of likely N-dealkylation sites (tertiary alicyclic amines) is 1. The molecule has 2 aliphatic heterocycles. The van der Waals surface area contributed by atoms with Crippen molar-refractivity contribution in [3.05, 3.63) is 0 Å². The van der Waals surface area contributed by atoms with E-state index in [-0.39, 0.29) is 6.10 Å². The van der Waals surface area contributed by atoms with Gasteiger partial charge in [-0.15, -0.1) is 0 Å². The number of aliphatic hydroxyl groups excluding tert-OH is 1. The van der Waals surface area contributed by atoms with Crippen molar-refractivity contribution in [3.63, 3.8) is 0 Å². The average Bonchev–Trinajstić information content (AvgIpc) is 2.80. The smallest absolute Gasteiger partial charge is 0.0564 e. The molecule has 2 saturated heterocycles. The molecule has 3 aliphatic rings. The van der Waals surface area contributed by atoms with Crippen LogP contribution < -0.4 is 5.32 Å². The second-order valence-electron chi connectivity index (χ2n) is 5.49. The van der Waals surface area contributed by atoms with Crippen LogP contribution in [-0.2, 0) is 0 Å². The first kappa shape index (κ1) is 10.1. The molecule has 3 atom stereocenters. The maximum atomic E-state index is 9.52. The van der Waals surface area contributed by atoms with Crippen LogP contribution in [0, 0.1) is 11.8 Å². The van der Waals surface area contributed by atoms with Gasteiger partial charge in [0, 0.05) is 19.1 Å². The van der Waals surface area contributed by atoms with E-state index < -0.39 is 0 Å². The quantitative estimate of drug-likeness (QED) is 0.659. The first-order valence-electron chi connectivity index (χ1n) is 6.47. The fourth-order valence-electron chi connectivity index (χ4n) is 3.79. The van der Waals surface area contributed by atoms with E-state index in [0.29, 0.717) is 0 Å². The third-order valence-electron chi connectivity index (χ3n) is 4.69. The van der Waals surface area contributed by atoms with Crippen LogP contribution in [0.3, 0.4) is 0 Å². The number of piperidine rings is 1. The van der Waals surface area contributed by atoms with Gasteiger partial charge < -0.3 is 10.4 Å². The van der Waals surface area contributed by atoms with Crippen molar-refractivity contribution < 1.29 is 5.11 Å². The topological polar surface area (TPSA) is 35.5 Å². The molecule has 2 N–H and O–H groups in total. The van der Waals surface area contributed by atoms with E-state index in [4.69, 9.17) is 0 Å². The lowest BCUT2D eigenvalue weighted by Crippen LogP contribution is -2.45. The zero-order valence-corrected chi connectivity index (χ0v) is 9.36. The summed E-state index contributed by atoms with van der Waals surface area (Å²) in [6.07, 6.45) is 4.76. The molecule has 2 heterocycles. The molecule has 3 nitrogen and oxygen atoms in total. The molecular formula is C12H22N2O. The molecule has 0 bridgehead atoms. The lowest BCUT2D eigenvalue weighted by molar-refractivity contribution is 0.0505. The summed E-state index contributed by atoms with van der Waals surface area (Å²) in [6, 6.07) is 0.817. The maximum absolute atomic E-state index is 9.52. The van der Waals surface area contributed by atoms with Gasteiger partial charge in [-0.05, 0) is 50.6 Å². The Morgan fingerprint density at radius 1 is 1.00 bits per heavy atom. The lowest BCUT2D eigenvalue weighted by Gasteiger charge is -2.37. The van der Waals surface area contributed by atoms with Gasteiger partial charge in [-0.1, -0.05) is 0 Å². The third kappa shape index (κ3) is 1.81. The number of nitrogens with zero attached hydrogens (tertiary/aromatic N) is 1. The number of hydrogen-bond donors (Lipinski definition) is 2. The van der Waals surface area contributed by atoms with Gasteiger partial charge in [0.2, 0.25) is 0 Å². The van der Waals surface area contributed by atoms with E-state index in [1.807, 2.05) is 0 Å². The van der Waals surface area contributed by atoms with Gasteiger partial charge >= 0.3 is 0 Å². The SMILES string of the molecule is OC1CCN([C@@H]2CC[C@@H]3CNC[C@@H]32)CC1. The van der Waals surface area contributed by atoms with Gasteiger partial charge in [0.05, 0.1) is 6.10 Å². The molecule has 86 valence electrons. The Hall–Kier alpha value is -0.120. The van der Waals surface area contributed by atoms with Gasteiger partial charge in [-0.25, -0.2) is 0 Å². The van der Waals surface area contributed by atoms with Crippen molar-refractivity contribution in [2.75, 3.05) is 26.2 Å². The Kier molecular flexibility index (Phi) is 2.71. The second-order valence-corrected chi connectivity index (χ2v) is 5.49. The molecule has 1 aliphatic carbocycles. The van der Waals surface area contributed by atoms with Crippen LogP contribution in [0.1, 0.15) is 25.7 Å². The summed E-state index contributed by atoms with van der Waals surface area (Å²) in [5.74, 6) is 1.85. The van der Waals surface area contributed by atoms with Crippen LogP contribution in [0.2, 0.25) is 0 Å². The van der Waals surface area contributed by atoms with Crippen molar-refractivity contribution in [2.24, 2.45) is 11.8 Å². The van der Waals surface area contributed by atoms with E-state index in [0.717, 1.165) is 43.8 Å². The minimum Gasteiger partial charge on any atom is -0.393 e. The van der Waals surface area contributed by atoms with Crippen LogP contribution in [-0.4, -0.2) is 48.3 Å². The molecule has 3 fully saturated rings. The van der Waals surface area contributed by atoms with Crippen molar-refractivity contribution in [2.45, 2.75) is 37.8 Å². The normalized spacial score (nSPS) is 43.4. The van der Waals surface area contributed by atoms with Crippen LogP contribution in [0.4, 0.5) is 0 Å². The van der Waals surface area contributed by atoms with E-state index in [1.54, 1.807) is 0 Å². The molecule has 0 aromatic rings. The summed E-state index contributed by atoms with van der Waals surface area (Å²) < 4.78 is 0. The molecule has 0 amide bonds. The van der Waals surface area contributed by atoms with Gasteiger partial charge in [-0.3, -0.25) is 4.90 Å². The predicted molar refractivity (Wildman–Crippen MR) is 59.7 cm³/mol. The van der Waals surface area contributed by atoms with Crippen molar-refractivity contribution in [3.8, 4) is 0 Å². The Morgan fingerprint density at radius 2 is 1.80 bits per heavy atom. The number of fused-ring (bicyclic) bond motifs is 1.